The number of hydrogen-bond donors (Lipinski definition) is 0. The Labute approximate surface area is 106 Å². The molecule has 0 aliphatic rings. The number of aromatic nitrogens is 2. The van der Waals surface area contributed by atoms with Crippen LogP contribution in [-0.2, 0) is 0 Å². The Bertz CT molecular complexity index is 537. The largest absolute Gasteiger partial charge is 0.260 e. The van der Waals surface area contributed by atoms with Gasteiger partial charge in [-0.25, -0.2) is 4.98 Å². The van der Waals surface area contributed by atoms with Gasteiger partial charge in [0.2, 0.25) is 0 Å². The summed E-state index contributed by atoms with van der Waals surface area (Å²) in [7, 11) is 0. The van der Waals surface area contributed by atoms with Crippen LogP contribution in [0.5, 0.6) is 0 Å². The summed E-state index contributed by atoms with van der Waals surface area (Å²) in [6.45, 7) is 0. The fourth-order valence-corrected chi connectivity index (χ4v) is 2.51. The predicted octanol–water partition coefficient (Wildman–Crippen LogP) is 3.26. The summed E-state index contributed by atoms with van der Waals surface area (Å²) in [5, 5.41) is 9.62. The van der Waals surface area contributed by atoms with Crippen molar-refractivity contribution >= 4 is 27.7 Å². The molecule has 2 rings (SSSR count). The van der Waals surface area contributed by atoms with Gasteiger partial charge in [0.15, 0.2) is 0 Å². The Morgan fingerprint density at radius 2 is 2.19 bits per heavy atom. The second kappa shape index (κ2) is 5.10. The lowest BCUT2D eigenvalue weighted by Gasteiger charge is -2.01. The molecule has 0 aliphatic carbocycles. The number of hydrogen-bond acceptors (Lipinski definition) is 4. The zero-order chi connectivity index (χ0) is 11.4. The lowest BCUT2D eigenvalue weighted by molar-refractivity contribution is 1.05. The molecule has 0 N–H and O–H groups in total. The summed E-state index contributed by atoms with van der Waals surface area (Å²) in [6, 6.07) is 7.67. The van der Waals surface area contributed by atoms with Gasteiger partial charge in [-0.15, -0.1) is 0 Å². The van der Waals surface area contributed by atoms with E-state index in [1.807, 2.05) is 12.1 Å². The maximum Gasteiger partial charge on any atom is 0.119 e. The van der Waals surface area contributed by atoms with Crippen LogP contribution in [0.3, 0.4) is 0 Å². The van der Waals surface area contributed by atoms with Gasteiger partial charge < -0.3 is 0 Å². The van der Waals surface area contributed by atoms with Gasteiger partial charge in [0, 0.05) is 21.8 Å². The monoisotopic (exact) mass is 291 g/mol. The Morgan fingerprint density at radius 3 is 2.81 bits per heavy atom. The number of nitriles is 1. The van der Waals surface area contributed by atoms with E-state index >= 15 is 0 Å². The van der Waals surface area contributed by atoms with Gasteiger partial charge >= 0.3 is 0 Å². The number of rotatable bonds is 2. The number of nitrogens with zero attached hydrogens (tertiary/aromatic N) is 3. The molecule has 0 saturated heterocycles. The fourth-order valence-electron chi connectivity index (χ4n) is 1.11. The third kappa shape index (κ3) is 2.60. The second-order valence-electron chi connectivity index (χ2n) is 2.90. The van der Waals surface area contributed by atoms with Crippen LogP contribution in [-0.4, -0.2) is 9.97 Å². The summed E-state index contributed by atoms with van der Waals surface area (Å²) in [5.41, 5.74) is 0.628. The summed E-state index contributed by atoms with van der Waals surface area (Å²) < 4.78 is 0.795. The molecule has 0 bridgehead atoms. The van der Waals surface area contributed by atoms with Crippen LogP contribution in [0.4, 0.5) is 0 Å². The standard InChI is InChI=1S/C11H6BrN3S/c12-10-5-9(2-1-8(10)6-13)16-11-7-14-3-4-15-11/h1-5,7H. The van der Waals surface area contributed by atoms with E-state index in [0.717, 1.165) is 14.4 Å². The van der Waals surface area contributed by atoms with Gasteiger partial charge in [-0.2, -0.15) is 5.26 Å². The molecule has 78 valence electrons. The van der Waals surface area contributed by atoms with Crippen molar-refractivity contribution in [3.63, 3.8) is 0 Å². The Kier molecular flexibility index (Phi) is 3.54. The second-order valence-corrected chi connectivity index (χ2v) is 4.85. The van der Waals surface area contributed by atoms with Gasteiger partial charge in [-0.3, -0.25) is 4.98 Å². The van der Waals surface area contributed by atoms with E-state index in [0.29, 0.717) is 5.56 Å². The average Bonchev–Trinajstić information content (AvgIpc) is 2.31. The zero-order valence-electron chi connectivity index (χ0n) is 8.09. The Balaban J connectivity index is 2.24. The van der Waals surface area contributed by atoms with Crippen molar-refractivity contribution in [1.29, 1.82) is 5.26 Å². The van der Waals surface area contributed by atoms with Crippen LogP contribution in [0.25, 0.3) is 0 Å². The first-order valence-corrected chi connectivity index (χ1v) is 6.04. The first kappa shape index (κ1) is 11.1. The van der Waals surface area contributed by atoms with E-state index in [1.54, 1.807) is 24.7 Å². The summed E-state index contributed by atoms with van der Waals surface area (Å²) in [4.78, 5) is 9.18. The molecule has 3 nitrogen and oxygen atoms in total. The van der Waals surface area contributed by atoms with Gasteiger partial charge in [-0.05, 0) is 34.1 Å². The molecule has 1 heterocycles. The highest BCUT2D eigenvalue weighted by atomic mass is 79.9. The molecule has 0 radical (unpaired) electrons. The quantitative estimate of drug-likeness (QED) is 0.852. The van der Waals surface area contributed by atoms with Gasteiger partial charge in [0.1, 0.15) is 11.1 Å². The molecule has 0 saturated carbocycles. The minimum absolute atomic E-state index is 0.628. The van der Waals surface area contributed by atoms with Crippen LogP contribution in [0.2, 0.25) is 0 Å². The third-order valence-corrected chi connectivity index (χ3v) is 3.39. The van der Waals surface area contributed by atoms with Gasteiger partial charge in [0.25, 0.3) is 0 Å². The molecule has 2 aromatic rings. The number of benzene rings is 1. The fraction of sp³-hybridized carbons (Fsp3) is 0. The van der Waals surface area contributed by atoms with Crippen LogP contribution >= 0.6 is 27.7 Å². The molecule has 1 aromatic heterocycles. The molecule has 0 amide bonds. The molecular formula is C11H6BrN3S. The van der Waals surface area contributed by atoms with E-state index in [9.17, 15) is 0 Å². The van der Waals surface area contributed by atoms with Crippen LogP contribution in [0.1, 0.15) is 5.56 Å². The van der Waals surface area contributed by atoms with E-state index in [1.165, 1.54) is 11.8 Å². The van der Waals surface area contributed by atoms with Crippen molar-refractivity contribution in [2.45, 2.75) is 9.92 Å². The number of halogens is 1. The third-order valence-electron chi connectivity index (χ3n) is 1.82. The lowest BCUT2D eigenvalue weighted by atomic mass is 10.2. The molecule has 5 heteroatoms. The highest BCUT2D eigenvalue weighted by molar-refractivity contribution is 9.10. The highest BCUT2D eigenvalue weighted by Crippen LogP contribution is 2.28. The van der Waals surface area contributed by atoms with E-state index < -0.39 is 0 Å². The molecule has 0 unspecified atom stereocenters. The molecule has 1 aromatic carbocycles. The minimum Gasteiger partial charge on any atom is -0.260 e. The minimum atomic E-state index is 0.628. The van der Waals surface area contributed by atoms with E-state index in [2.05, 4.69) is 32.0 Å². The SMILES string of the molecule is N#Cc1ccc(Sc2cnccn2)cc1Br. The van der Waals surface area contributed by atoms with Gasteiger partial charge in [0.05, 0.1) is 11.8 Å². The van der Waals surface area contributed by atoms with Crippen molar-refractivity contribution in [3.05, 3.63) is 46.8 Å². The van der Waals surface area contributed by atoms with Crippen molar-refractivity contribution in [2.75, 3.05) is 0 Å². The van der Waals surface area contributed by atoms with Crippen LogP contribution < -0.4 is 0 Å². The van der Waals surface area contributed by atoms with Crippen molar-refractivity contribution < 1.29 is 0 Å². The zero-order valence-corrected chi connectivity index (χ0v) is 10.5. The molecule has 0 atom stereocenters. The smallest absolute Gasteiger partial charge is 0.119 e. The average molecular weight is 292 g/mol. The summed E-state index contributed by atoms with van der Waals surface area (Å²) >= 11 is 4.86. The van der Waals surface area contributed by atoms with E-state index in [-0.39, 0.29) is 0 Å². The summed E-state index contributed by atoms with van der Waals surface area (Å²) in [6.07, 6.45) is 5.00. The highest BCUT2D eigenvalue weighted by Gasteiger charge is 2.02. The van der Waals surface area contributed by atoms with Crippen LogP contribution in [0.15, 0.2) is 51.2 Å². The topological polar surface area (TPSA) is 49.6 Å². The Hall–Kier alpha value is -1.38. The van der Waals surface area contributed by atoms with E-state index in [4.69, 9.17) is 5.26 Å². The lowest BCUT2D eigenvalue weighted by Crippen LogP contribution is -1.82. The van der Waals surface area contributed by atoms with Crippen molar-refractivity contribution in [3.8, 4) is 6.07 Å². The summed E-state index contributed by atoms with van der Waals surface area (Å²) in [5.74, 6) is 0. The van der Waals surface area contributed by atoms with Crippen molar-refractivity contribution in [1.82, 2.24) is 9.97 Å². The van der Waals surface area contributed by atoms with Gasteiger partial charge in [-0.1, -0.05) is 11.8 Å². The van der Waals surface area contributed by atoms with Crippen molar-refractivity contribution in [2.24, 2.45) is 0 Å². The Morgan fingerprint density at radius 1 is 1.31 bits per heavy atom. The van der Waals surface area contributed by atoms with Crippen LogP contribution in [0, 0.1) is 11.3 Å². The first-order chi connectivity index (χ1) is 7.79. The predicted molar refractivity (Wildman–Crippen MR) is 65.0 cm³/mol. The normalized spacial score (nSPS) is 9.75. The molecule has 16 heavy (non-hydrogen) atoms. The molecular weight excluding hydrogens is 286 g/mol. The maximum absolute atomic E-state index is 8.79. The molecule has 0 fully saturated rings. The molecule has 0 spiro atoms. The first-order valence-electron chi connectivity index (χ1n) is 4.43. The maximum atomic E-state index is 8.79. The molecule has 0 aliphatic heterocycles.